The van der Waals surface area contributed by atoms with Gasteiger partial charge in [0.2, 0.25) is 5.91 Å². The van der Waals surface area contributed by atoms with Crippen LogP contribution in [0.25, 0.3) is 0 Å². The van der Waals surface area contributed by atoms with E-state index in [0.29, 0.717) is 17.4 Å². The van der Waals surface area contributed by atoms with Crippen molar-refractivity contribution in [2.45, 2.75) is 251 Å². The summed E-state index contributed by atoms with van der Waals surface area (Å²) in [7, 11) is 1.25. The Morgan fingerprint density at radius 1 is 0.557 bits per heavy atom. The smallest absolute Gasteiger partial charge is 0.268 e. The molecule has 8 nitrogen and oxygen atoms in total. The molecular formula is C52H101N2O6P. The molecule has 0 aromatic rings. The SMILES string of the molecule is CCCCCCCC/C=C/CC/C=C/C(O)C(COP(=O)([O-])OCC[N+](C)(C)C)NC(=O)CCCCCCCCCCCCC/C=C\CCCCCCCCCCCCCC. The molecule has 0 bridgehead atoms. The second-order valence-corrected chi connectivity index (χ2v) is 20.3. The van der Waals surface area contributed by atoms with Crippen LogP contribution >= 0.6 is 7.82 Å². The van der Waals surface area contributed by atoms with Crippen molar-refractivity contribution >= 4 is 13.7 Å². The molecule has 0 saturated heterocycles. The van der Waals surface area contributed by atoms with Gasteiger partial charge in [-0.3, -0.25) is 9.36 Å². The maximum Gasteiger partial charge on any atom is 0.268 e. The number of aliphatic hydroxyl groups excluding tert-OH is 1. The van der Waals surface area contributed by atoms with Crippen molar-refractivity contribution < 1.29 is 32.9 Å². The molecule has 0 aliphatic heterocycles. The highest BCUT2D eigenvalue weighted by Crippen LogP contribution is 2.38. The molecule has 3 atom stereocenters. The molecule has 0 aliphatic carbocycles. The average molecular weight is 881 g/mol. The fraction of sp³-hybridized carbons (Fsp3) is 0.865. The van der Waals surface area contributed by atoms with Gasteiger partial charge >= 0.3 is 0 Å². The van der Waals surface area contributed by atoms with Crippen molar-refractivity contribution in [1.82, 2.24) is 5.32 Å². The first-order valence-corrected chi connectivity index (χ1v) is 27.3. The van der Waals surface area contributed by atoms with Crippen molar-refractivity contribution in [2.75, 3.05) is 40.9 Å². The van der Waals surface area contributed by atoms with Crippen molar-refractivity contribution in [2.24, 2.45) is 0 Å². The molecule has 0 rings (SSSR count). The highest BCUT2D eigenvalue weighted by molar-refractivity contribution is 7.45. The zero-order chi connectivity index (χ0) is 45.0. The summed E-state index contributed by atoms with van der Waals surface area (Å²) in [4.78, 5) is 25.3. The van der Waals surface area contributed by atoms with Crippen LogP contribution in [-0.2, 0) is 18.4 Å². The van der Waals surface area contributed by atoms with E-state index >= 15 is 0 Å². The molecule has 0 spiro atoms. The predicted octanol–water partition coefficient (Wildman–Crippen LogP) is 14.4. The van der Waals surface area contributed by atoms with Crippen LogP contribution < -0.4 is 10.2 Å². The molecule has 0 saturated carbocycles. The minimum absolute atomic E-state index is 0.00618. The number of nitrogens with zero attached hydrogens (tertiary/aromatic N) is 1. The van der Waals surface area contributed by atoms with Gasteiger partial charge in [-0.25, -0.2) is 0 Å². The molecular weight excluding hydrogens is 780 g/mol. The molecule has 0 radical (unpaired) electrons. The van der Waals surface area contributed by atoms with Gasteiger partial charge in [-0.1, -0.05) is 211 Å². The van der Waals surface area contributed by atoms with Crippen LogP contribution in [0, 0.1) is 0 Å². The van der Waals surface area contributed by atoms with E-state index in [9.17, 15) is 19.4 Å². The molecule has 360 valence electrons. The van der Waals surface area contributed by atoms with E-state index in [1.165, 1.54) is 180 Å². The quantitative estimate of drug-likeness (QED) is 0.0273. The zero-order valence-electron chi connectivity index (χ0n) is 40.9. The number of rotatable bonds is 47. The summed E-state index contributed by atoms with van der Waals surface area (Å²) in [6, 6.07) is -0.901. The number of likely N-dealkylation sites (N-methyl/N-ethyl adjacent to an activating group) is 1. The van der Waals surface area contributed by atoms with Gasteiger partial charge in [0.05, 0.1) is 39.9 Å². The third-order valence-electron chi connectivity index (χ3n) is 11.6. The maximum atomic E-state index is 12.9. The second-order valence-electron chi connectivity index (χ2n) is 18.9. The van der Waals surface area contributed by atoms with E-state index < -0.39 is 26.6 Å². The van der Waals surface area contributed by atoms with E-state index in [4.69, 9.17) is 9.05 Å². The Balaban J connectivity index is 4.15. The van der Waals surface area contributed by atoms with E-state index in [1.807, 2.05) is 27.2 Å². The first-order valence-electron chi connectivity index (χ1n) is 25.9. The molecule has 0 fully saturated rings. The number of carbonyl (C=O) groups excluding carboxylic acids is 1. The van der Waals surface area contributed by atoms with Crippen molar-refractivity contribution in [3.63, 3.8) is 0 Å². The number of quaternary nitrogens is 1. The minimum atomic E-state index is -4.60. The normalized spacial score (nSPS) is 14.4. The predicted molar refractivity (Wildman–Crippen MR) is 261 cm³/mol. The van der Waals surface area contributed by atoms with Gasteiger partial charge in [0.25, 0.3) is 7.82 Å². The summed E-state index contributed by atoms with van der Waals surface area (Å²) in [5, 5.41) is 13.8. The lowest BCUT2D eigenvalue weighted by atomic mass is 10.0. The molecule has 2 N–H and O–H groups in total. The van der Waals surface area contributed by atoms with E-state index in [2.05, 4.69) is 43.5 Å². The number of carbonyl (C=O) groups is 1. The third kappa shape index (κ3) is 46.5. The van der Waals surface area contributed by atoms with Crippen molar-refractivity contribution in [1.29, 1.82) is 0 Å². The van der Waals surface area contributed by atoms with Gasteiger partial charge in [-0.05, 0) is 57.8 Å². The maximum absolute atomic E-state index is 12.9. The lowest BCUT2D eigenvalue weighted by Crippen LogP contribution is -2.45. The Hall–Kier alpha value is -1.28. The lowest BCUT2D eigenvalue weighted by Gasteiger charge is -2.29. The van der Waals surface area contributed by atoms with Crippen LogP contribution in [0.5, 0.6) is 0 Å². The second kappa shape index (κ2) is 43.9. The third-order valence-corrected chi connectivity index (χ3v) is 12.5. The Labute approximate surface area is 378 Å². The number of phosphoric ester groups is 1. The monoisotopic (exact) mass is 881 g/mol. The summed E-state index contributed by atoms with van der Waals surface area (Å²) in [5.41, 5.74) is 0. The van der Waals surface area contributed by atoms with Crippen LogP contribution in [-0.4, -0.2) is 68.5 Å². The Morgan fingerprint density at radius 2 is 0.918 bits per heavy atom. The molecule has 0 aromatic heterocycles. The van der Waals surface area contributed by atoms with Crippen LogP contribution in [0.3, 0.4) is 0 Å². The average Bonchev–Trinajstić information content (AvgIpc) is 3.21. The van der Waals surface area contributed by atoms with Gasteiger partial charge < -0.3 is 28.8 Å². The molecule has 0 aliphatic rings. The summed E-state index contributed by atoms with van der Waals surface area (Å²) in [6.07, 6.45) is 55.1. The number of phosphoric acid groups is 1. The van der Waals surface area contributed by atoms with Crippen molar-refractivity contribution in [3.8, 4) is 0 Å². The van der Waals surface area contributed by atoms with Crippen LogP contribution in [0.15, 0.2) is 36.5 Å². The highest BCUT2D eigenvalue weighted by Gasteiger charge is 2.23. The van der Waals surface area contributed by atoms with E-state index in [0.717, 1.165) is 38.5 Å². The molecule has 9 heteroatoms. The van der Waals surface area contributed by atoms with Gasteiger partial charge in [0, 0.05) is 6.42 Å². The number of hydrogen-bond donors (Lipinski definition) is 2. The van der Waals surface area contributed by atoms with Crippen LogP contribution in [0.2, 0.25) is 0 Å². The summed E-state index contributed by atoms with van der Waals surface area (Å²) >= 11 is 0. The number of nitrogens with one attached hydrogen (secondary N) is 1. The van der Waals surface area contributed by atoms with Gasteiger partial charge in [0.1, 0.15) is 13.2 Å². The Morgan fingerprint density at radius 3 is 1.33 bits per heavy atom. The molecule has 61 heavy (non-hydrogen) atoms. The zero-order valence-corrected chi connectivity index (χ0v) is 41.8. The minimum Gasteiger partial charge on any atom is -0.756 e. The summed E-state index contributed by atoms with van der Waals surface area (Å²) < 4.78 is 23.2. The standard InChI is InChI=1S/C52H101N2O6P/c1-6-8-10-12-14-16-18-20-21-22-23-24-25-26-27-28-29-30-31-32-33-34-36-38-40-42-44-46-52(56)53-50(49-60-61(57,58)59-48-47-54(3,4)5)51(55)45-43-41-39-37-35-19-17-15-13-11-9-7-2/h26-27,35,37,43,45,50-51,55H,6-25,28-34,36,38-42,44,46-49H2,1-5H3,(H-,53,56,57,58)/b27-26-,37-35+,45-43+. The fourth-order valence-corrected chi connectivity index (χ4v) is 8.18. The lowest BCUT2D eigenvalue weighted by molar-refractivity contribution is -0.870. The van der Waals surface area contributed by atoms with E-state index in [1.54, 1.807) is 6.08 Å². The number of hydrogen-bond acceptors (Lipinski definition) is 6. The van der Waals surface area contributed by atoms with Crippen molar-refractivity contribution in [3.05, 3.63) is 36.5 Å². The topological polar surface area (TPSA) is 108 Å². The largest absolute Gasteiger partial charge is 0.756 e. The van der Waals surface area contributed by atoms with Gasteiger partial charge in [0.15, 0.2) is 0 Å². The molecule has 3 unspecified atom stereocenters. The molecule has 1 amide bonds. The Kier molecular flexibility index (Phi) is 43.0. The molecule has 0 aromatic carbocycles. The van der Waals surface area contributed by atoms with E-state index in [-0.39, 0.29) is 12.5 Å². The molecule has 0 heterocycles. The highest BCUT2D eigenvalue weighted by atomic mass is 31.2. The summed E-state index contributed by atoms with van der Waals surface area (Å²) in [5.74, 6) is -0.208. The van der Waals surface area contributed by atoms with Crippen LogP contribution in [0.1, 0.15) is 239 Å². The first kappa shape index (κ1) is 59.7. The van der Waals surface area contributed by atoms with Gasteiger partial charge in [-0.15, -0.1) is 0 Å². The Bertz CT molecular complexity index is 1090. The first-order chi connectivity index (χ1) is 29.5. The fourth-order valence-electron chi connectivity index (χ4n) is 7.46. The number of aliphatic hydroxyl groups is 1. The summed E-state index contributed by atoms with van der Waals surface area (Å²) in [6.45, 7) is 4.62. The number of unbranched alkanes of at least 4 members (excludes halogenated alkanes) is 30. The van der Waals surface area contributed by atoms with Crippen LogP contribution in [0.4, 0.5) is 0 Å². The number of allylic oxidation sites excluding steroid dienone is 5. The van der Waals surface area contributed by atoms with Gasteiger partial charge in [-0.2, -0.15) is 0 Å². The number of amides is 1.